The number of nitrogens with zero attached hydrogens (tertiary/aromatic N) is 1. The van der Waals surface area contributed by atoms with E-state index in [0.29, 0.717) is 13.2 Å². The highest BCUT2D eigenvalue weighted by Gasteiger charge is 1.98. The molecule has 0 aliphatic carbocycles. The van der Waals surface area contributed by atoms with Crippen molar-refractivity contribution in [3.05, 3.63) is 59.7 Å². The fourth-order valence-electron chi connectivity index (χ4n) is 1.71. The highest BCUT2D eigenvalue weighted by Crippen LogP contribution is 2.11. The summed E-state index contributed by atoms with van der Waals surface area (Å²) >= 11 is 0. The molecule has 1 aromatic carbocycles. The molecule has 3 nitrogen and oxygen atoms in total. The van der Waals surface area contributed by atoms with Crippen molar-refractivity contribution in [3.63, 3.8) is 0 Å². The van der Waals surface area contributed by atoms with Gasteiger partial charge in [0.2, 0.25) is 5.95 Å². The van der Waals surface area contributed by atoms with Crippen LogP contribution in [0.1, 0.15) is 11.1 Å². The molecule has 94 valence electrons. The van der Waals surface area contributed by atoms with E-state index in [-0.39, 0.29) is 0 Å². The van der Waals surface area contributed by atoms with Gasteiger partial charge in [-0.05, 0) is 17.2 Å². The van der Waals surface area contributed by atoms with E-state index in [2.05, 4.69) is 16.4 Å². The molecule has 0 aliphatic heterocycles. The first-order valence-electron chi connectivity index (χ1n) is 5.70. The van der Waals surface area contributed by atoms with Crippen molar-refractivity contribution < 1.29 is 9.13 Å². The fourth-order valence-corrected chi connectivity index (χ4v) is 1.71. The summed E-state index contributed by atoms with van der Waals surface area (Å²) in [5.74, 6) is -0.479. The molecule has 0 saturated heterocycles. The lowest BCUT2D eigenvalue weighted by Crippen LogP contribution is -2.01. The van der Waals surface area contributed by atoms with Crippen LogP contribution in [0.15, 0.2) is 42.6 Å². The quantitative estimate of drug-likeness (QED) is 0.823. The molecule has 1 aromatic heterocycles. The van der Waals surface area contributed by atoms with E-state index in [1.165, 1.54) is 12.3 Å². The fraction of sp³-hybridized carbons (Fsp3) is 0.214. The molecule has 0 amide bonds. The van der Waals surface area contributed by atoms with Crippen LogP contribution in [0.3, 0.4) is 0 Å². The van der Waals surface area contributed by atoms with Crippen LogP contribution in [0.5, 0.6) is 0 Å². The Hall–Kier alpha value is -1.94. The Bertz CT molecular complexity index is 517. The first kappa shape index (κ1) is 12.5. The number of anilines is 1. The largest absolute Gasteiger partial charge is 0.381 e. The highest BCUT2D eigenvalue weighted by molar-refractivity contribution is 5.42. The van der Waals surface area contributed by atoms with Crippen molar-refractivity contribution in [2.24, 2.45) is 0 Å². The second-order valence-electron chi connectivity index (χ2n) is 3.97. The second kappa shape index (κ2) is 6.12. The zero-order valence-electron chi connectivity index (χ0n) is 10.2. The van der Waals surface area contributed by atoms with E-state index in [4.69, 9.17) is 4.74 Å². The predicted molar refractivity (Wildman–Crippen MR) is 68.7 cm³/mol. The Kier molecular flexibility index (Phi) is 4.25. The zero-order chi connectivity index (χ0) is 12.8. The maximum absolute atomic E-state index is 12.9. The summed E-state index contributed by atoms with van der Waals surface area (Å²) in [7, 11) is 1.67. The van der Waals surface area contributed by atoms with Crippen LogP contribution in [0.25, 0.3) is 0 Å². The van der Waals surface area contributed by atoms with Gasteiger partial charge in [0.1, 0.15) is 0 Å². The second-order valence-corrected chi connectivity index (χ2v) is 3.97. The molecule has 2 aromatic rings. The Morgan fingerprint density at radius 2 is 2.06 bits per heavy atom. The van der Waals surface area contributed by atoms with Gasteiger partial charge in [-0.3, -0.25) is 0 Å². The van der Waals surface area contributed by atoms with Crippen molar-refractivity contribution in [1.29, 1.82) is 0 Å². The minimum Gasteiger partial charge on any atom is -0.381 e. The summed E-state index contributed by atoms with van der Waals surface area (Å²) in [6.45, 7) is 1.23. The van der Waals surface area contributed by atoms with Gasteiger partial charge in [0.25, 0.3) is 0 Å². The van der Waals surface area contributed by atoms with E-state index in [1.807, 2.05) is 18.2 Å². The molecular formula is C14H15FN2O. The van der Waals surface area contributed by atoms with E-state index in [0.717, 1.165) is 16.8 Å². The molecule has 0 saturated carbocycles. The SMILES string of the molecule is COCc1cccc(CNc2ccnc(F)c2)c1. The lowest BCUT2D eigenvalue weighted by atomic mass is 10.1. The normalized spacial score (nSPS) is 10.3. The molecule has 0 radical (unpaired) electrons. The smallest absolute Gasteiger partial charge is 0.214 e. The van der Waals surface area contributed by atoms with Crippen molar-refractivity contribution in [3.8, 4) is 0 Å². The van der Waals surface area contributed by atoms with E-state index >= 15 is 0 Å². The Balaban J connectivity index is 1.99. The van der Waals surface area contributed by atoms with Gasteiger partial charge in [-0.2, -0.15) is 4.39 Å². The molecule has 0 aliphatic rings. The van der Waals surface area contributed by atoms with Crippen molar-refractivity contribution in [1.82, 2.24) is 4.98 Å². The molecule has 1 N–H and O–H groups in total. The number of halogens is 1. The molecule has 0 unspecified atom stereocenters. The number of benzene rings is 1. The maximum Gasteiger partial charge on any atom is 0.214 e. The minimum absolute atomic E-state index is 0.479. The number of pyridine rings is 1. The molecule has 0 fully saturated rings. The summed E-state index contributed by atoms with van der Waals surface area (Å²) in [4.78, 5) is 3.51. The average molecular weight is 246 g/mol. The number of methoxy groups -OCH3 is 1. The van der Waals surface area contributed by atoms with E-state index < -0.39 is 5.95 Å². The number of hydrogen-bond acceptors (Lipinski definition) is 3. The molecular weight excluding hydrogens is 231 g/mol. The first-order chi connectivity index (χ1) is 8.78. The maximum atomic E-state index is 12.9. The lowest BCUT2D eigenvalue weighted by molar-refractivity contribution is 0.185. The van der Waals surface area contributed by atoms with Crippen molar-refractivity contribution in [2.75, 3.05) is 12.4 Å². The first-order valence-corrected chi connectivity index (χ1v) is 5.70. The summed E-state index contributed by atoms with van der Waals surface area (Å²) in [5, 5.41) is 3.15. The average Bonchev–Trinajstić information content (AvgIpc) is 2.37. The van der Waals surface area contributed by atoms with Crippen LogP contribution in [0.4, 0.5) is 10.1 Å². The van der Waals surface area contributed by atoms with Gasteiger partial charge in [0.05, 0.1) is 6.61 Å². The van der Waals surface area contributed by atoms with Crippen LogP contribution in [-0.4, -0.2) is 12.1 Å². The number of hydrogen-bond donors (Lipinski definition) is 1. The van der Waals surface area contributed by atoms with E-state index in [9.17, 15) is 4.39 Å². The molecule has 0 spiro atoms. The number of aromatic nitrogens is 1. The van der Waals surface area contributed by atoms with Crippen LogP contribution < -0.4 is 5.32 Å². The summed E-state index contributed by atoms with van der Waals surface area (Å²) < 4.78 is 18.0. The molecule has 4 heteroatoms. The van der Waals surface area contributed by atoms with Crippen LogP contribution in [0.2, 0.25) is 0 Å². The van der Waals surface area contributed by atoms with Crippen LogP contribution in [0, 0.1) is 5.95 Å². The third-order valence-electron chi connectivity index (χ3n) is 2.53. The monoisotopic (exact) mass is 246 g/mol. The topological polar surface area (TPSA) is 34.1 Å². The highest BCUT2D eigenvalue weighted by atomic mass is 19.1. The van der Waals surface area contributed by atoms with Gasteiger partial charge in [-0.15, -0.1) is 0 Å². The Labute approximate surface area is 106 Å². The molecule has 1 heterocycles. The van der Waals surface area contributed by atoms with Gasteiger partial charge in [-0.1, -0.05) is 24.3 Å². The van der Waals surface area contributed by atoms with Crippen LogP contribution >= 0.6 is 0 Å². The number of ether oxygens (including phenoxy) is 1. The third-order valence-corrected chi connectivity index (χ3v) is 2.53. The minimum atomic E-state index is -0.479. The van der Waals surface area contributed by atoms with Gasteiger partial charge in [0.15, 0.2) is 0 Å². The van der Waals surface area contributed by atoms with Crippen molar-refractivity contribution in [2.45, 2.75) is 13.2 Å². The standard InChI is InChI=1S/C14H15FN2O/c1-18-10-12-4-2-3-11(7-12)9-17-13-5-6-16-14(15)8-13/h2-8H,9-10H2,1H3,(H,16,17). The summed E-state index contributed by atoms with van der Waals surface area (Å²) in [6, 6.07) is 11.2. The molecule has 2 rings (SSSR count). The Morgan fingerprint density at radius 1 is 1.22 bits per heavy atom. The summed E-state index contributed by atoms with van der Waals surface area (Å²) in [5.41, 5.74) is 2.97. The van der Waals surface area contributed by atoms with Gasteiger partial charge >= 0.3 is 0 Å². The molecule has 0 atom stereocenters. The Morgan fingerprint density at radius 3 is 2.83 bits per heavy atom. The summed E-state index contributed by atoms with van der Waals surface area (Å²) in [6.07, 6.45) is 1.44. The molecule has 0 bridgehead atoms. The van der Waals surface area contributed by atoms with Gasteiger partial charge in [0, 0.05) is 31.6 Å². The van der Waals surface area contributed by atoms with Crippen LogP contribution in [-0.2, 0) is 17.9 Å². The van der Waals surface area contributed by atoms with Gasteiger partial charge < -0.3 is 10.1 Å². The lowest BCUT2D eigenvalue weighted by Gasteiger charge is -2.08. The number of rotatable bonds is 5. The van der Waals surface area contributed by atoms with Gasteiger partial charge in [-0.25, -0.2) is 4.98 Å². The van der Waals surface area contributed by atoms with E-state index in [1.54, 1.807) is 13.2 Å². The predicted octanol–water partition coefficient (Wildman–Crippen LogP) is 2.98. The zero-order valence-corrected chi connectivity index (χ0v) is 10.2. The molecule has 18 heavy (non-hydrogen) atoms. The third kappa shape index (κ3) is 3.53. The number of nitrogens with one attached hydrogen (secondary N) is 1. The van der Waals surface area contributed by atoms with Crippen molar-refractivity contribution >= 4 is 5.69 Å².